The smallest absolute Gasteiger partial charge is 0.411 e. The molecule has 1 aromatic heterocycles. The lowest BCUT2D eigenvalue weighted by molar-refractivity contribution is 0.187. The molecule has 0 saturated carbocycles. The van der Waals surface area contributed by atoms with Crippen LogP contribution < -0.4 is 5.32 Å². The minimum absolute atomic E-state index is 0.472. The van der Waals surface area contributed by atoms with Crippen molar-refractivity contribution in [1.82, 2.24) is 9.97 Å². The average Bonchev–Trinajstić information content (AvgIpc) is 3.01. The summed E-state index contributed by atoms with van der Waals surface area (Å²) >= 11 is 0. The van der Waals surface area contributed by atoms with Gasteiger partial charge < -0.3 is 9.72 Å². The molecule has 106 valence electrons. The van der Waals surface area contributed by atoms with E-state index in [1.807, 2.05) is 36.5 Å². The van der Waals surface area contributed by atoms with Crippen LogP contribution in [-0.2, 0) is 11.2 Å². The van der Waals surface area contributed by atoms with Gasteiger partial charge in [0.1, 0.15) is 0 Å². The lowest BCUT2D eigenvalue weighted by Crippen LogP contribution is -2.10. The summed E-state index contributed by atoms with van der Waals surface area (Å²) in [5.74, 6) is 0. The zero-order valence-electron chi connectivity index (χ0n) is 11.6. The topological polar surface area (TPSA) is 67.0 Å². The fourth-order valence-electron chi connectivity index (χ4n) is 2.32. The molecule has 0 bridgehead atoms. The van der Waals surface area contributed by atoms with Crippen LogP contribution in [0.4, 0.5) is 10.5 Å². The number of anilines is 1. The SMILES string of the molecule is COC(=O)Nc1ccc2cccc(Cc3cnc[nH]3)c2c1. The van der Waals surface area contributed by atoms with Gasteiger partial charge in [0.25, 0.3) is 0 Å². The molecular formula is C16H15N3O2. The van der Waals surface area contributed by atoms with Crippen molar-refractivity contribution in [2.24, 2.45) is 0 Å². The molecular weight excluding hydrogens is 266 g/mol. The molecule has 0 atom stereocenters. The van der Waals surface area contributed by atoms with Gasteiger partial charge in [0.2, 0.25) is 0 Å². The van der Waals surface area contributed by atoms with Gasteiger partial charge in [-0.05, 0) is 28.5 Å². The standard InChI is InChI=1S/C16H15N3O2/c1-21-16(20)19-13-6-5-11-3-2-4-12(15(11)8-13)7-14-9-17-10-18-14/h2-6,8-10H,7H2,1H3,(H,17,18)(H,19,20). The monoisotopic (exact) mass is 281 g/mol. The van der Waals surface area contributed by atoms with Gasteiger partial charge in [0.05, 0.1) is 13.4 Å². The number of nitrogens with zero attached hydrogens (tertiary/aromatic N) is 1. The van der Waals surface area contributed by atoms with Crippen LogP contribution in [0.15, 0.2) is 48.9 Å². The zero-order valence-corrected chi connectivity index (χ0v) is 11.6. The predicted octanol–water partition coefficient (Wildman–Crippen LogP) is 3.33. The maximum Gasteiger partial charge on any atom is 0.411 e. The fraction of sp³-hybridized carbons (Fsp3) is 0.125. The molecule has 2 N–H and O–H groups in total. The number of hydrogen-bond donors (Lipinski definition) is 2. The van der Waals surface area contributed by atoms with Crippen molar-refractivity contribution in [3.05, 3.63) is 60.2 Å². The van der Waals surface area contributed by atoms with Crippen molar-refractivity contribution in [2.75, 3.05) is 12.4 Å². The maximum atomic E-state index is 11.3. The molecule has 0 aliphatic rings. The molecule has 0 aliphatic carbocycles. The Morgan fingerprint density at radius 2 is 2.24 bits per heavy atom. The van der Waals surface area contributed by atoms with Gasteiger partial charge in [-0.25, -0.2) is 9.78 Å². The van der Waals surface area contributed by atoms with Crippen LogP contribution in [0, 0.1) is 0 Å². The molecule has 0 spiro atoms. The molecule has 3 rings (SSSR count). The second kappa shape index (κ2) is 5.66. The quantitative estimate of drug-likeness (QED) is 0.773. The third-order valence-electron chi connectivity index (χ3n) is 3.34. The molecule has 1 amide bonds. The van der Waals surface area contributed by atoms with Crippen molar-refractivity contribution >= 4 is 22.6 Å². The van der Waals surface area contributed by atoms with Crippen LogP contribution in [-0.4, -0.2) is 23.2 Å². The van der Waals surface area contributed by atoms with Gasteiger partial charge in [-0.2, -0.15) is 0 Å². The summed E-state index contributed by atoms with van der Waals surface area (Å²) in [6.45, 7) is 0. The molecule has 0 fully saturated rings. The Labute approximate surface area is 122 Å². The van der Waals surface area contributed by atoms with E-state index in [0.29, 0.717) is 5.69 Å². The number of aromatic amines is 1. The molecule has 0 unspecified atom stereocenters. The van der Waals surface area contributed by atoms with Gasteiger partial charge in [0, 0.05) is 24.0 Å². The molecule has 0 aliphatic heterocycles. The van der Waals surface area contributed by atoms with Crippen molar-refractivity contribution in [2.45, 2.75) is 6.42 Å². The van der Waals surface area contributed by atoms with Gasteiger partial charge in [-0.3, -0.25) is 5.32 Å². The normalized spacial score (nSPS) is 10.5. The van der Waals surface area contributed by atoms with E-state index >= 15 is 0 Å². The van der Waals surface area contributed by atoms with Gasteiger partial charge in [-0.1, -0.05) is 24.3 Å². The Hall–Kier alpha value is -2.82. The lowest BCUT2D eigenvalue weighted by atomic mass is 10.0. The number of amides is 1. The first-order valence-corrected chi connectivity index (χ1v) is 6.60. The van der Waals surface area contributed by atoms with Gasteiger partial charge in [-0.15, -0.1) is 0 Å². The minimum atomic E-state index is -0.472. The fourth-order valence-corrected chi connectivity index (χ4v) is 2.32. The number of imidazole rings is 1. The van der Waals surface area contributed by atoms with Crippen molar-refractivity contribution in [1.29, 1.82) is 0 Å². The Kier molecular flexibility index (Phi) is 3.55. The number of hydrogen-bond acceptors (Lipinski definition) is 3. The molecule has 5 nitrogen and oxygen atoms in total. The highest BCUT2D eigenvalue weighted by atomic mass is 16.5. The Balaban J connectivity index is 1.99. The number of carbonyl (C=O) groups is 1. The number of rotatable bonds is 3. The van der Waals surface area contributed by atoms with E-state index in [1.54, 1.807) is 6.33 Å². The third-order valence-corrected chi connectivity index (χ3v) is 3.34. The molecule has 0 radical (unpaired) electrons. The van der Waals surface area contributed by atoms with Crippen molar-refractivity contribution in [3.8, 4) is 0 Å². The first kappa shape index (κ1) is 13.2. The molecule has 2 aromatic carbocycles. The van der Waals surface area contributed by atoms with Crippen LogP contribution in [0.3, 0.4) is 0 Å². The van der Waals surface area contributed by atoms with Crippen LogP contribution >= 0.6 is 0 Å². The predicted molar refractivity (Wildman–Crippen MR) is 81.4 cm³/mol. The minimum Gasteiger partial charge on any atom is -0.453 e. The summed E-state index contributed by atoms with van der Waals surface area (Å²) in [4.78, 5) is 18.5. The first-order valence-electron chi connectivity index (χ1n) is 6.60. The Bertz CT molecular complexity index is 766. The van der Waals surface area contributed by atoms with E-state index in [0.717, 1.165) is 22.9 Å². The van der Waals surface area contributed by atoms with Crippen LogP contribution in [0.2, 0.25) is 0 Å². The van der Waals surface area contributed by atoms with Gasteiger partial charge >= 0.3 is 6.09 Å². The number of benzene rings is 2. The second-order valence-corrected chi connectivity index (χ2v) is 4.72. The first-order chi connectivity index (χ1) is 10.3. The highest BCUT2D eigenvalue weighted by Gasteiger charge is 2.06. The number of aromatic nitrogens is 2. The molecule has 0 saturated heterocycles. The number of nitrogens with one attached hydrogen (secondary N) is 2. The third kappa shape index (κ3) is 2.86. The van der Waals surface area contributed by atoms with Crippen molar-refractivity contribution < 1.29 is 9.53 Å². The summed E-state index contributed by atoms with van der Waals surface area (Å²) in [5, 5.41) is 4.91. The lowest BCUT2D eigenvalue weighted by Gasteiger charge is -2.09. The number of fused-ring (bicyclic) bond motifs is 1. The molecule has 1 heterocycles. The second-order valence-electron chi connectivity index (χ2n) is 4.72. The summed E-state index contributed by atoms with van der Waals surface area (Å²) in [6.07, 6.45) is 3.78. The number of methoxy groups -OCH3 is 1. The summed E-state index contributed by atoms with van der Waals surface area (Å²) in [7, 11) is 1.35. The van der Waals surface area contributed by atoms with E-state index in [2.05, 4.69) is 26.1 Å². The maximum absolute atomic E-state index is 11.3. The molecule has 3 aromatic rings. The Morgan fingerprint density at radius 1 is 1.33 bits per heavy atom. The van der Waals surface area contributed by atoms with Crippen molar-refractivity contribution in [3.63, 3.8) is 0 Å². The number of ether oxygens (including phenoxy) is 1. The highest BCUT2D eigenvalue weighted by Crippen LogP contribution is 2.24. The Morgan fingerprint density at radius 3 is 3.00 bits per heavy atom. The van der Waals surface area contributed by atoms with Gasteiger partial charge in [0.15, 0.2) is 0 Å². The largest absolute Gasteiger partial charge is 0.453 e. The molecule has 21 heavy (non-hydrogen) atoms. The summed E-state index contributed by atoms with van der Waals surface area (Å²) in [6, 6.07) is 12.0. The summed E-state index contributed by atoms with van der Waals surface area (Å²) < 4.78 is 4.62. The zero-order chi connectivity index (χ0) is 14.7. The van der Waals surface area contributed by atoms with E-state index < -0.39 is 6.09 Å². The van der Waals surface area contributed by atoms with Crippen LogP contribution in [0.5, 0.6) is 0 Å². The summed E-state index contributed by atoms with van der Waals surface area (Å²) in [5.41, 5.74) is 2.94. The molecule has 5 heteroatoms. The average molecular weight is 281 g/mol. The van der Waals surface area contributed by atoms with E-state index in [-0.39, 0.29) is 0 Å². The van der Waals surface area contributed by atoms with E-state index in [1.165, 1.54) is 12.7 Å². The van der Waals surface area contributed by atoms with Crippen LogP contribution in [0.25, 0.3) is 10.8 Å². The van der Waals surface area contributed by atoms with Crippen LogP contribution in [0.1, 0.15) is 11.3 Å². The highest BCUT2D eigenvalue weighted by molar-refractivity contribution is 5.92. The number of H-pyrrole nitrogens is 1. The number of carbonyl (C=O) groups excluding carboxylic acids is 1. The van der Waals surface area contributed by atoms with E-state index in [4.69, 9.17) is 0 Å². The van der Waals surface area contributed by atoms with E-state index in [9.17, 15) is 4.79 Å².